The quantitative estimate of drug-likeness (QED) is 0.0867. The molecule has 5 rings (SSSR count). The molecule has 0 radical (unpaired) electrons. The Labute approximate surface area is 242 Å². The van der Waals surface area contributed by atoms with Gasteiger partial charge >= 0.3 is 5.97 Å². The number of aliphatic carboxylic acids is 1. The first-order chi connectivity index (χ1) is 19.9. The summed E-state index contributed by atoms with van der Waals surface area (Å²) in [6, 6.07) is 34.0. The monoisotopic (exact) mass is 570 g/mol. The molecule has 5 nitrogen and oxygen atoms in total. The maximum Gasteiger partial charge on any atom is 0.303 e. The van der Waals surface area contributed by atoms with Crippen molar-refractivity contribution in [2.45, 2.75) is 62.7 Å². The largest absolute Gasteiger partial charge is 0.481 e. The number of hydrogen-bond donors (Lipinski definition) is 1. The first kappa shape index (κ1) is 30.2. The number of carboxylic acids is 1. The van der Waals surface area contributed by atoms with Gasteiger partial charge in [0.25, 0.3) is 10.1 Å². The fraction of sp³-hybridized carbons (Fsp3) is 0.286. The third-order valence-electron chi connectivity index (χ3n) is 7.16. The second kappa shape index (κ2) is 15.3. The zero-order chi connectivity index (χ0) is 28.9. The van der Waals surface area contributed by atoms with E-state index in [2.05, 4.69) is 60.7 Å². The van der Waals surface area contributed by atoms with Gasteiger partial charge in [-0.3, -0.25) is 8.98 Å². The molecule has 5 aromatic carbocycles. The molecular formula is C35H38O5S. The summed E-state index contributed by atoms with van der Waals surface area (Å²) >= 11 is 0. The van der Waals surface area contributed by atoms with Crippen molar-refractivity contribution in [3.8, 4) is 0 Å². The van der Waals surface area contributed by atoms with Crippen molar-refractivity contribution in [1.82, 2.24) is 0 Å². The Bertz CT molecular complexity index is 1570. The minimum atomic E-state index is -3.75. The Balaban J connectivity index is 0.000000228. The molecule has 0 aliphatic rings. The van der Waals surface area contributed by atoms with Gasteiger partial charge in [-0.25, -0.2) is 0 Å². The molecule has 41 heavy (non-hydrogen) atoms. The number of hydrogen-bond acceptors (Lipinski definition) is 4. The minimum Gasteiger partial charge on any atom is -0.481 e. The van der Waals surface area contributed by atoms with Crippen molar-refractivity contribution < 1.29 is 22.5 Å². The summed E-state index contributed by atoms with van der Waals surface area (Å²) in [6.07, 6.45) is 7.87. The van der Waals surface area contributed by atoms with E-state index < -0.39 is 16.1 Å². The van der Waals surface area contributed by atoms with Gasteiger partial charge in [0.05, 0.1) is 6.61 Å². The maximum atomic E-state index is 12.5. The van der Waals surface area contributed by atoms with E-state index >= 15 is 0 Å². The van der Waals surface area contributed by atoms with E-state index in [0.717, 1.165) is 50.3 Å². The molecule has 6 heteroatoms. The predicted octanol–water partition coefficient (Wildman–Crippen LogP) is 9.13. The molecule has 0 aromatic heterocycles. The van der Waals surface area contributed by atoms with E-state index in [-0.39, 0.29) is 17.9 Å². The van der Waals surface area contributed by atoms with Gasteiger partial charge in [0.1, 0.15) is 4.90 Å². The average molecular weight is 571 g/mol. The van der Waals surface area contributed by atoms with Crippen LogP contribution in [0.5, 0.6) is 0 Å². The molecule has 0 aliphatic carbocycles. The van der Waals surface area contributed by atoms with Crippen LogP contribution in [0, 0.1) is 0 Å². The van der Waals surface area contributed by atoms with E-state index in [0.29, 0.717) is 11.8 Å². The number of benzene rings is 5. The Morgan fingerprint density at radius 2 is 1.00 bits per heavy atom. The molecule has 0 saturated heterocycles. The maximum absolute atomic E-state index is 12.5. The fourth-order valence-electron chi connectivity index (χ4n) is 4.97. The lowest BCUT2D eigenvalue weighted by Gasteiger charge is -2.08. The van der Waals surface area contributed by atoms with E-state index in [1.165, 1.54) is 21.5 Å². The molecule has 0 atom stereocenters. The summed E-state index contributed by atoms with van der Waals surface area (Å²) in [6.45, 7) is 0.199. The van der Waals surface area contributed by atoms with Gasteiger partial charge in [-0.1, -0.05) is 123 Å². The number of rotatable bonds is 13. The Hall–Kier alpha value is -3.74. The standard InChI is InChI=1S/C21H28O5S.C14H10/c22-21(23)16-7-5-3-1-2-4-6-10-17-26-27(24,25)20-15-11-13-18-12-8-9-14-19(18)20;1-2-6-12-10-14-8-4-3-7-13(14)9-11(12)5-1/h8-9,11-15H,1-7,10,16-17H2,(H,22,23);1-10H. The highest BCUT2D eigenvalue weighted by molar-refractivity contribution is 7.87. The van der Waals surface area contributed by atoms with Crippen molar-refractivity contribution in [1.29, 1.82) is 0 Å². The first-order valence-electron chi connectivity index (χ1n) is 14.4. The summed E-state index contributed by atoms with van der Waals surface area (Å²) < 4.78 is 30.2. The summed E-state index contributed by atoms with van der Waals surface area (Å²) in [5.74, 6) is -0.728. The zero-order valence-corrected chi connectivity index (χ0v) is 24.2. The van der Waals surface area contributed by atoms with E-state index in [9.17, 15) is 13.2 Å². The Kier molecular flexibility index (Phi) is 11.3. The summed E-state index contributed by atoms with van der Waals surface area (Å²) in [7, 11) is -3.75. The third-order valence-corrected chi connectivity index (χ3v) is 8.53. The summed E-state index contributed by atoms with van der Waals surface area (Å²) in [4.78, 5) is 10.6. The SMILES string of the molecule is O=C(O)CCCCCCCCCCOS(=O)(=O)c1cccc2ccccc12.c1ccc2cc3ccccc3cc2c1. The minimum absolute atomic E-state index is 0.199. The second-order valence-electron chi connectivity index (χ2n) is 10.3. The van der Waals surface area contributed by atoms with Gasteiger partial charge in [-0.15, -0.1) is 0 Å². The second-order valence-corrected chi connectivity index (χ2v) is 11.9. The number of fused-ring (bicyclic) bond motifs is 3. The van der Waals surface area contributed by atoms with Crippen molar-refractivity contribution in [2.24, 2.45) is 0 Å². The van der Waals surface area contributed by atoms with Crippen LogP contribution in [0.15, 0.2) is 108 Å². The van der Waals surface area contributed by atoms with Crippen LogP contribution in [-0.4, -0.2) is 26.1 Å². The lowest BCUT2D eigenvalue weighted by Crippen LogP contribution is -2.08. The molecule has 1 N–H and O–H groups in total. The van der Waals surface area contributed by atoms with Crippen LogP contribution in [0.3, 0.4) is 0 Å². The highest BCUT2D eigenvalue weighted by Crippen LogP contribution is 2.25. The average Bonchev–Trinajstić information content (AvgIpc) is 2.98. The van der Waals surface area contributed by atoms with Gasteiger partial charge in [0.2, 0.25) is 0 Å². The van der Waals surface area contributed by atoms with Gasteiger partial charge in [-0.2, -0.15) is 8.42 Å². The van der Waals surface area contributed by atoms with Gasteiger partial charge in [-0.05, 0) is 58.0 Å². The van der Waals surface area contributed by atoms with Crippen molar-refractivity contribution in [2.75, 3.05) is 6.61 Å². The van der Waals surface area contributed by atoms with Gasteiger partial charge in [0.15, 0.2) is 0 Å². The van der Waals surface area contributed by atoms with Crippen LogP contribution >= 0.6 is 0 Å². The molecular weight excluding hydrogens is 532 g/mol. The highest BCUT2D eigenvalue weighted by Gasteiger charge is 2.17. The first-order valence-corrected chi connectivity index (χ1v) is 15.8. The molecule has 0 bridgehead atoms. The van der Waals surface area contributed by atoms with E-state index in [1.807, 2.05) is 24.3 Å². The number of carbonyl (C=O) groups is 1. The van der Waals surface area contributed by atoms with Crippen LogP contribution in [0.1, 0.15) is 57.8 Å². The highest BCUT2D eigenvalue weighted by atomic mass is 32.2. The number of unbranched alkanes of at least 4 members (excludes halogenated alkanes) is 7. The molecule has 0 saturated carbocycles. The molecule has 0 amide bonds. The van der Waals surface area contributed by atoms with Crippen molar-refractivity contribution in [3.05, 3.63) is 103 Å². The van der Waals surface area contributed by atoms with Crippen LogP contribution in [-0.2, 0) is 19.1 Å². The molecule has 214 valence electrons. The Morgan fingerprint density at radius 3 is 1.54 bits per heavy atom. The molecule has 0 heterocycles. The topological polar surface area (TPSA) is 80.7 Å². The summed E-state index contributed by atoms with van der Waals surface area (Å²) in [5.41, 5.74) is 0. The van der Waals surface area contributed by atoms with Crippen molar-refractivity contribution in [3.63, 3.8) is 0 Å². The third kappa shape index (κ3) is 9.13. The van der Waals surface area contributed by atoms with Gasteiger partial charge in [0, 0.05) is 11.8 Å². The Morgan fingerprint density at radius 1 is 0.561 bits per heavy atom. The molecule has 5 aromatic rings. The van der Waals surface area contributed by atoms with Crippen LogP contribution in [0.2, 0.25) is 0 Å². The van der Waals surface area contributed by atoms with Crippen LogP contribution < -0.4 is 0 Å². The van der Waals surface area contributed by atoms with Gasteiger partial charge < -0.3 is 5.11 Å². The van der Waals surface area contributed by atoms with Crippen LogP contribution in [0.4, 0.5) is 0 Å². The van der Waals surface area contributed by atoms with Crippen molar-refractivity contribution >= 4 is 48.4 Å². The molecule has 0 fully saturated rings. The molecule has 0 spiro atoms. The van der Waals surface area contributed by atoms with E-state index in [4.69, 9.17) is 9.29 Å². The number of carboxylic acid groups (broad SMARTS) is 1. The normalized spacial score (nSPS) is 11.4. The molecule has 0 aliphatic heterocycles. The fourth-order valence-corrected chi connectivity index (χ4v) is 6.13. The smallest absolute Gasteiger partial charge is 0.303 e. The lowest BCUT2D eigenvalue weighted by atomic mass is 10.0. The summed E-state index contributed by atoms with van der Waals surface area (Å²) in [5, 5.41) is 15.4. The predicted molar refractivity (Wildman–Crippen MR) is 168 cm³/mol. The van der Waals surface area contributed by atoms with Crippen LogP contribution in [0.25, 0.3) is 32.3 Å². The lowest BCUT2D eigenvalue weighted by molar-refractivity contribution is -0.137. The van der Waals surface area contributed by atoms with E-state index in [1.54, 1.807) is 18.2 Å². The molecule has 0 unspecified atom stereocenters. The zero-order valence-electron chi connectivity index (χ0n) is 23.4.